The Kier molecular flexibility index (Phi) is 7.33. The molecular weight excluding hydrogens is 492 g/mol. The van der Waals surface area contributed by atoms with Crippen molar-refractivity contribution in [1.82, 2.24) is 9.80 Å². The first-order valence-electron chi connectivity index (χ1n) is 12.9. The average molecular weight is 525 g/mol. The molecule has 9 heteroatoms. The lowest BCUT2D eigenvalue weighted by Gasteiger charge is -2.39. The largest absolute Gasteiger partial charge is 0.490 e. The number of ether oxygens (including phenoxy) is 2. The number of thiophene rings is 1. The SMILES string of the molecule is CC(=O)c1ccc(C(=O)N2CCC3(CCN(C(=O)CCC(=O)c4ccc5c(c4)OCCCO5)C3)CC2)s1. The van der Waals surface area contributed by atoms with Crippen molar-refractivity contribution in [3.8, 4) is 11.5 Å². The molecule has 0 N–H and O–H groups in total. The minimum atomic E-state index is -0.0776. The number of nitrogens with zero attached hydrogens (tertiary/aromatic N) is 2. The third kappa shape index (κ3) is 5.56. The van der Waals surface area contributed by atoms with Gasteiger partial charge in [-0.2, -0.15) is 0 Å². The number of hydrogen-bond donors (Lipinski definition) is 0. The van der Waals surface area contributed by atoms with Crippen molar-refractivity contribution in [2.45, 2.75) is 45.4 Å². The zero-order valence-electron chi connectivity index (χ0n) is 21.1. The fraction of sp³-hybridized carbons (Fsp3) is 0.500. The standard InChI is InChI=1S/C28H32N2O6S/c1-19(31)24-6-7-25(37-24)27(34)29-12-9-28(10-13-29)11-14-30(18-28)26(33)8-4-21(32)20-3-5-22-23(17-20)36-16-2-15-35-22/h3,5-7,17H,2,4,8-16,18H2,1H3. The smallest absolute Gasteiger partial charge is 0.263 e. The summed E-state index contributed by atoms with van der Waals surface area (Å²) in [6.45, 7) is 5.33. The van der Waals surface area contributed by atoms with Crippen LogP contribution in [0, 0.1) is 5.41 Å². The molecule has 196 valence electrons. The van der Waals surface area contributed by atoms with Crippen LogP contribution in [0.4, 0.5) is 0 Å². The van der Waals surface area contributed by atoms with Crippen molar-refractivity contribution in [2.24, 2.45) is 5.41 Å². The summed E-state index contributed by atoms with van der Waals surface area (Å²) in [7, 11) is 0. The van der Waals surface area contributed by atoms with E-state index in [1.807, 2.05) is 9.80 Å². The third-order valence-corrected chi connectivity index (χ3v) is 8.88. The van der Waals surface area contributed by atoms with Gasteiger partial charge in [0.05, 0.1) is 23.0 Å². The lowest BCUT2D eigenvalue weighted by Crippen LogP contribution is -2.44. The topological polar surface area (TPSA) is 93.2 Å². The molecule has 0 radical (unpaired) electrons. The van der Waals surface area contributed by atoms with E-state index < -0.39 is 0 Å². The molecule has 3 aliphatic heterocycles. The zero-order valence-corrected chi connectivity index (χ0v) is 21.9. The van der Waals surface area contributed by atoms with Crippen molar-refractivity contribution in [3.05, 3.63) is 45.6 Å². The summed E-state index contributed by atoms with van der Waals surface area (Å²) < 4.78 is 11.3. The molecule has 0 bridgehead atoms. The lowest BCUT2D eigenvalue weighted by molar-refractivity contribution is -0.130. The van der Waals surface area contributed by atoms with Crippen LogP contribution in [-0.4, -0.2) is 72.6 Å². The number of piperidine rings is 1. The van der Waals surface area contributed by atoms with E-state index in [1.165, 1.54) is 18.3 Å². The Labute approximate surface area is 220 Å². The van der Waals surface area contributed by atoms with Crippen LogP contribution in [0.15, 0.2) is 30.3 Å². The van der Waals surface area contributed by atoms with Crippen molar-refractivity contribution in [1.29, 1.82) is 0 Å². The van der Waals surface area contributed by atoms with Gasteiger partial charge in [-0.05, 0) is 61.9 Å². The summed E-state index contributed by atoms with van der Waals surface area (Å²) in [4.78, 5) is 55.1. The van der Waals surface area contributed by atoms with Gasteiger partial charge in [0.25, 0.3) is 5.91 Å². The fourth-order valence-corrected chi connectivity index (χ4v) is 6.27. The lowest BCUT2D eigenvalue weighted by atomic mass is 9.77. The Morgan fingerprint density at radius 3 is 2.24 bits per heavy atom. The van der Waals surface area contributed by atoms with E-state index in [1.54, 1.807) is 30.3 Å². The second-order valence-corrected chi connectivity index (χ2v) is 11.3. The first-order valence-corrected chi connectivity index (χ1v) is 13.8. The number of rotatable bonds is 6. The van der Waals surface area contributed by atoms with Gasteiger partial charge in [-0.25, -0.2) is 0 Å². The molecule has 1 aromatic heterocycles. The highest BCUT2D eigenvalue weighted by Crippen LogP contribution is 2.41. The van der Waals surface area contributed by atoms with Crippen LogP contribution in [0.1, 0.15) is 75.2 Å². The van der Waals surface area contributed by atoms with Crippen LogP contribution in [-0.2, 0) is 4.79 Å². The number of fused-ring (bicyclic) bond motifs is 1. The molecule has 5 rings (SSSR count). The second-order valence-electron chi connectivity index (χ2n) is 10.2. The molecule has 1 aromatic carbocycles. The fourth-order valence-electron chi connectivity index (χ4n) is 5.40. The van der Waals surface area contributed by atoms with Crippen molar-refractivity contribution in [3.63, 3.8) is 0 Å². The highest BCUT2D eigenvalue weighted by Gasteiger charge is 2.42. The van der Waals surface area contributed by atoms with Crippen LogP contribution in [0.5, 0.6) is 11.5 Å². The number of amides is 2. The number of hydrogen-bond acceptors (Lipinski definition) is 7. The van der Waals surface area contributed by atoms with E-state index in [9.17, 15) is 19.2 Å². The van der Waals surface area contributed by atoms with Gasteiger partial charge in [0.1, 0.15) is 0 Å². The minimum Gasteiger partial charge on any atom is -0.490 e. The molecule has 3 aliphatic rings. The average Bonchev–Trinajstić information content (AvgIpc) is 3.49. The maximum atomic E-state index is 12.9. The van der Waals surface area contributed by atoms with Crippen LogP contribution in [0.2, 0.25) is 0 Å². The molecule has 4 heterocycles. The summed E-state index contributed by atoms with van der Waals surface area (Å²) in [6, 6.07) is 8.66. The van der Waals surface area contributed by atoms with Gasteiger partial charge >= 0.3 is 0 Å². The third-order valence-electron chi connectivity index (χ3n) is 7.70. The van der Waals surface area contributed by atoms with Crippen LogP contribution in [0.3, 0.4) is 0 Å². The molecule has 1 spiro atoms. The van der Waals surface area contributed by atoms with Gasteiger partial charge in [-0.3, -0.25) is 19.2 Å². The van der Waals surface area contributed by atoms with Crippen LogP contribution >= 0.6 is 11.3 Å². The van der Waals surface area contributed by atoms with Gasteiger partial charge in [0.2, 0.25) is 5.91 Å². The Morgan fingerprint density at radius 2 is 1.54 bits per heavy atom. The Hall–Kier alpha value is -3.20. The number of ketones is 2. The number of benzene rings is 1. The van der Waals surface area contributed by atoms with E-state index in [2.05, 4.69) is 0 Å². The summed E-state index contributed by atoms with van der Waals surface area (Å²) in [5.41, 5.74) is 0.568. The first-order chi connectivity index (χ1) is 17.8. The molecule has 0 aliphatic carbocycles. The molecule has 2 aromatic rings. The maximum Gasteiger partial charge on any atom is 0.263 e. The first kappa shape index (κ1) is 25.4. The van der Waals surface area contributed by atoms with E-state index in [4.69, 9.17) is 9.47 Å². The quantitative estimate of drug-likeness (QED) is 0.525. The Balaban J connectivity index is 1.10. The monoisotopic (exact) mass is 524 g/mol. The van der Waals surface area contributed by atoms with Gasteiger partial charge < -0.3 is 19.3 Å². The molecular formula is C28H32N2O6S. The highest BCUT2D eigenvalue weighted by molar-refractivity contribution is 7.15. The van der Waals surface area contributed by atoms with E-state index >= 15 is 0 Å². The summed E-state index contributed by atoms with van der Waals surface area (Å²) >= 11 is 1.25. The molecule has 0 unspecified atom stereocenters. The number of carbonyl (C=O) groups excluding carboxylic acids is 4. The second kappa shape index (κ2) is 10.7. The maximum absolute atomic E-state index is 12.9. The van der Waals surface area contributed by atoms with E-state index in [0.29, 0.717) is 66.2 Å². The van der Waals surface area contributed by atoms with E-state index in [-0.39, 0.29) is 41.6 Å². The molecule has 0 saturated carbocycles. The zero-order chi connectivity index (χ0) is 26.0. The molecule has 8 nitrogen and oxygen atoms in total. The van der Waals surface area contributed by atoms with Crippen LogP contribution in [0.25, 0.3) is 0 Å². The number of likely N-dealkylation sites (tertiary alicyclic amines) is 2. The normalized spacial score (nSPS) is 18.5. The van der Waals surface area contributed by atoms with Gasteiger partial charge in [-0.1, -0.05) is 0 Å². The number of Topliss-reactive ketones (excluding diaryl/α,β-unsaturated/α-hetero) is 2. The Bertz CT molecular complexity index is 1210. The highest BCUT2D eigenvalue weighted by atomic mass is 32.1. The predicted octanol–water partition coefficient (Wildman–Crippen LogP) is 4.23. The summed E-state index contributed by atoms with van der Waals surface area (Å²) in [6.07, 6.45) is 3.77. The van der Waals surface area contributed by atoms with Crippen LogP contribution < -0.4 is 9.47 Å². The molecule has 2 saturated heterocycles. The van der Waals surface area contributed by atoms with E-state index in [0.717, 1.165) is 25.7 Å². The Morgan fingerprint density at radius 1 is 0.865 bits per heavy atom. The van der Waals surface area contributed by atoms with Gasteiger partial charge in [0, 0.05) is 51.0 Å². The molecule has 2 amide bonds. The van der Waals surface area contributed by atoms with Crippen molar-refractivity contribution < 1.29 is 28.7 Å². The summed E-state index contributed by atoms with van der Waals surface area (Å²) in [5.74, 6) is 1.11. The number of carbonyl (C=O) groups is 4. The van der Waals surface area contributed by atoms with Crippen molar-refractivity contribution in [2.75, 3.05) is 39.4 Å². The molecule has 2 fully saturated rings. The molecule has 37 heavy (non-hydrogen) atoms. The summed E-state index contributed by atoms with van der Waals surface area (Å²) in [5, 5.41) is 0. The van der Waals surface area contributed by atoms with Gasteiger partial charge in [-0.15, -0.1) is 11.3 Å². The minimum absolute atomic E-state index is 0.00780. The molecule has 0 atom stereocenters. The van der Waals surface area contributed by atoms with Gasteiger partial charge in [0.15, 0.2) is 23.1 Å². The predicted molar refractivity (Wildman–Crippen MR) is 139 cm³/mol. The van der Waals surface area contributed by atoms with Crippen molar-refractivity contribution >= 4 is 34.7 Å².